The third-order valence-corrected chi connectivity index (χ3v) is 3.32. The number of carbonyl (C=O) groups excluding carboxylic acids is 3. The molecule has 1 heterocycles. The molecular weight excluding hydrogens is 286 g/mol. The Kier molecular flexibility index (Phi) is 5.66. The van der Waals surface area contributed by atoms with Crippen molar-refractivity contribution in [2.24, 2.45) is 0 Å². The maximum atomic E-state index is 12.0. The Morgan fingerprint density at radius 1 is 1.05 bits per heavy atom. The van der Waals surface area contributed by atoms with E-state index in [9.17, 15) is 14.4 Å². The lowest BCUT2D eigenvalue weighted by atomic mass is 10.1. The number of benzene rings is 1. The van der Waals surface area contributed by atoms with E-state index in [0.29, 0.717) is 24.7 Å². The fourth-order valence-corrected chi connectivity index (χ4v) is 2.19. The largest absolute Gasteiger partial charge is 0.382 e. The summed E-state index contributed by atoms with van der Waals surface area (Å²) in [7, 11) is 0. The molecule has 0 spiro atoms. The van der Waals surface area contributed by atoms with Crippen molar-refractivity contribution in [1.82, 2.24) is 5.06 Å². The highest BCUT2D eigenvalue weighted by molar-refractivity contribution is 6.20. The number of carbonyl (C=O) groups is 3. The fourth-order valence-electron chi connectivity index (χ4n) is 2.19. The van der Waals surface area contributed by atoms with E-state index >= 15 is 0 Å². The molecule has 0 saturated carbocycles. The van der Waals surface area contributed by atoms with Crippen LogP contribution in [0.2, 0.25) is 0 Å². The van der Waals surface area contributed by atoms with Gasteiger partial charge in [-0.1, -0.05) is 23.6 Å². The molecule has 1 aromatic rings. The lowest BCUT2D eigenvalue weighted by Gasteiger charge is -2.12. The Hall–Kier alpha value is -2.21. The molecule has 1 aromatic carbocycles. The summed E-state index contributed by atoms with van der Waals surface area (Å²) < 4.78 is 5.20. The van der Waals surface area contributed by atoms with Gasteiger partial charge < -0.3 is 9.57 Å². The molecular formula is C16H19NO5. The van der Waals surface area contributed by atoms with Crippen molar-refractivity contribution in [1.29, 1.82) is 0 Å². The van der Waals surface area contributed by atoms with Gasteiger partial charge in [0, 0.05) is 19.6 Å². The van der Waals surface area contributed by atoms with Crippen molar-refractivity contribution in [3.63, 3.8) is 0 Å². The highest BCUT2D eigenvalue weighted by Gasteiger charge is 2.38. The van der Waals surface area contributed by atoms with Crippen LogP contribution in [-0.4, -0.2) is 36.1 Å². The Morgan fingerprint density at radius 2 is 1.68 bits per heavy atom. The van der Waals surface area contributed by atoms with Crippen molar-refractivity contribution < 1.29 is 24.0 Å². The van der Waals surface area contributed by atoms with Crippen LogP contribution >= 0.6 is 0 Å². The summed E-state index contributed by atoms with van der Waals surface area (Å²) in [5.74, 6) is -1.76. The van der Waals surface area contributed by atoms with E-state index in [-0.39, 0.29) is 17.5 Å². The minimum Gasteiger partial charge on any atom is -0.382 e. The first kappa shape index (κ1) is 16.2. The predicted molar refractivity (Wildman–Crippen MR) is 78.0 cm³/mol. The second-order valence-electron chi connectivity index (χ2n) is 4.92. The van der Waals surface area contributed by atoms with Gasteiger partial charge in [-0.25, -0.2) is 4.79 Å². The van der Waals surface area contributed by atoms with Gasteiger partial charge in [-0.2, -0.15) is 0 Å². The third kappa shape index (κ3) is 3.71. The summed E-state index contributed by atoms with van der Waals surface area (Å²) in [5.41, 5.74) is 0.522. The van der Waals surface area contributed by atoms with Gasteiger partial charge in [-0.15, -0.1) is 0 Å². The molecule has 6 nitrogen and oxygen atoms in total. The quantitative estimate of drug-likeness (QED) is 0.544. The SMILES string of the molecule is CCOCCCCCC(=O)ON1C(=O)c2ccccc2C1=O. The molecule has 0 N–H and O–H groups in total. The zero-order valence-corrected chi connectivity index (χ0v) is 12.5. The minimum atomic E-state index is -0.592. The molecule has 0 fully saturated rings. The number of nitrogens with zero attached hydrogens (tertiary/aromatic N) is 1. The normalized spacial score (nSPS) is 13.4. The number of hydroxylamine groups is 2. The molecule has 22 heavy (non-hydrogen) atoms. The first-order valence-corrected chi connectivity index (χ1v) is 7.41. The lowest BCUT2D eigenvalue weighted by molar-refractivity contribution is -0.168. The Labute approximate surface area is 129 Å². The monoisotopic (exact) mass is 305 g/mol. The Balaban J connectivity index is 1.79. The van der Waals surface area contributed by atoms with Crippen molar-refractivity contribution in [2.75, 3.05) is 13.2 Å². The van der Waals surface area contributed by atoms with Crippen molar-refractivity contribution >= 4 is 17.8 Å². The van der Waals surface area contributed by atoms with Gasteiger partial charge in [-0.3, -0.25) is 9.59 Å². The van der Waals surface area contributed by atoms with Gasteiger partial charge >= 0.3 is 5.97 Å². The van der Waals surface area contributed by atoms with Crippen molar-refractivity contribution in [3.8, 4) is 0 Å². The maximum absolute atomic E-state index is 12.0. The average molecular weight is 305 g/mol. The highest BCUT2D eigenvalue weighted by Crippen LogP contribution is 2.22. The molecule has 1 aliphatic heterocycles. The first-order chi connectivity index (χ1) is 10.6. The zero-order chi connectivity index (χ0) is 15.9. The van der Waals surface area contributed by atoms with Crippen LogP contribution in [0, 0.1) is 0 Å². The second kappa shape index (κ2) is 7.70. The van der Waals surface area contributed by atoms with E-state index in [1.165, 1.54) is 12.1 Å². The van der Waals surface area contributed by atoms with Crippen LogP contribution in [0.15, 0.2) is 24.3 Å². The molecule has 1 aliphatic rings. The number of hydrogen-bond donors (Lipinski definition) is 0. The average Bonchev–Trinajstić information content (AvgIpc) is 2.76. The van der Waals surface area contributed by atoms with Gasteiger partial charge in [0.05, 0.1) is 11.1 Å². The van der Waals surface area contributed by atoms with E-state index in [0.717, 1.165) is 12.8 Å². The lowest BCUT2D eigenvalue weighted by Crippen LogP contribution is -2.32. The smallest absolute Gasteiger partial charge is 0.333 e. The number of rotatable bonds is 8. The van der Waals surface area contributed by atoms with E-state index in [2.05, 4.69) is 0 Å². The summed E-state index contributed by atoms with van der Waals surface area (Å²) >= 11 is 0. The third-order valence-electron chi connectivity index (χ3n) is 3.32. The molecule has 0 atom stereocenters. The number of imide groups is 1. The van der Waals surface area contributed by atoms with Crippen LogP contribution in [0.4, 0.5) is 0 Å². The Morgan fingerprint density at radius 3 is 2.27 bits per heavy atom. The number of fused-ring (bicyclic) bond motifs is 1. The number of ether oxygens (including phenoxy) is 1. The summed E-state index contributed by atoms with van der Waals surface area (Å²) in [6.07, 6.45) is 2.50. The van der Waals surface area contributed by atoms with E-state index in [4.69, 9.17) is 9.57 Å². The fraction of sp³-hybridized carbons (Fsp3) is 0.438. The van der Waals surface area contributed by atoms with Crippen molar-refractivity contribution in [2.45, 2.75) is 32.6 Å². The second-order valence-corrected chi connectivity index (χ2v) is 4.92. The molecule has 0 aliphatic carbocycles. The molecule has 6 heteroatoms. The predicted octanol–water partition coefficient (Wildman–Crippen LogP) is 2.34. The van der Waals surface area contributed by atoms with Gasteiger partial charge in [0.2, 0.25) is 0 Å². The number of hydrogen-bond acceptors (Lipinski definition) is 5. The van der Waals surface area contributed by atoms with Crippen LogP contribution in [0.3, 0.4) is 0 Å². The highest BCUT2D eigenvalue weighted by atomic mass is 16.7. The van der Waals surface area contributed by atoms with E-state index in [1.54, 1.807) is 12.1 Å². The molecule has 0 bridgehead atoms. The molecule has 2 amide bonds. The molecule has 0 saturated heterocycles. The topological polar surface area (TPSA) is 72.9 Å². The van der Waals surface area contributed by atoms with Crippen LogP contribution in [0.5, 0.6) is 0 Å². The number of amides is 2. The summed E-state index contributed by atoms with van der Waals surface area (Å²) in [6.45, 7) is 3.28. The molecule has 0 unspecified atom stereocenters. The van der Waals surface area contributed by atoms with Crippen LogP contribution in [0.25, 0.3) is 0 Å². The zero-order valence-electron chi connectivity index (χ0n) is 12.5. The van der Waals surface area contributed by atoms with Gasteiger partial charge in [-0.05, 0) is 31.9 Å². The minimum absolute atomic E-state index is 0.166. The Bertz CT molecular complexity index is 534. The van der Waals surface area contributed by atoms with E-state index in [1.807, 2.05) is 6.92 Å². The van der Waals surface area contributed by atoms with Crippen molar-refractivity contribution in [3.05, 3.63) is 35.4 Å². The summed E-state index contributed by atoms with van der Waals surface area (Å²) in [4.78, 5) is 40.6. The van der Waals surface area contributed by atoms with Crippen LogP contribution in [-0.2, 0) is 14.4 Å². The standard InChI is InChI=1S/C16H19NO5/c1-2-21-11-7-3-4-10-14(18)22-17-15(19)12-8-5-6-9-13(12)16(17)20/h5-6,8-9H,2-4,7,10-11H2,1H3. The molecule has 0 aromatic heterocycles. The number of unbranched alkanes of at least 4 members (excludes halogenated alkanes) is 2. The van der Waals surface area contributed by atoms with Gasteiger partial charge in [0.15, 0.2) is 0 Å². The van der Waals surface area contributed by atoms with Crippen LogP contribution in [0.1, 0.15) is 53.3 Å². The van der Waals surface area contributed by atoms with Gasteiger partial charge in [0.1, 0.15) is 0 Å². The molecule has 2 rings (SSSR count). The van der Waals surface area contributed by atoms with Gasteiger partial charge in [0.25, 0.3) is 11.8 Å². The molecule has 0 radical (unpaired) electrons. The summed E-state index contributed by atoms with van der Waals surface area (Å²) in [6, 6.07) is 6.40. The first-order valence-electron chi connectivity index (χ1n) is 7.41. The molecule has 118 valence electrons. The summed E-state index contributed by atoms with van der Waals surface area (Å²) in [5, 5.41) is 0.549. The maximum Gasteiger partial charge on any atom is 0.333 e. The van der Waals surface area contributed by atoms with Crippen LogP contribution < -0.4 is 0 Å². The van der Waals surface area contributed by atoms with E-state index < -0.39 is 17.8 Å².